The second kappa shape index (κ2) is 8.59. The van der Waals surface area contributed by atoms with Gasteiger partial charge in [-0.15, -0.1) is 23.1 Å². The zero-order chi connectivity index (χ0) is 23.2. The largest absolute Gasteiger partial charge is 0.447 e. The number of imidazole rings is 1. The van der Waals surface area contributed by atoms with E-state index in [-0.39, 0.29) is 0 Å². The maximum absolute atomic E-state index is 5.74. The van der Waals surface area contributed by atoms with Crippen molar-refractivity contribution in [1.29, 1.82) is 0 Å². The number of H-pyrrole nitrogens is 2. The van der Waals surface area contributed by atoms with Crippen molar-refractivity contribution in [3.05, 3.63) is 47.6 Å². The van der Waals surface area contributed by atoms with Crippen LogP contribution in [0.4, 0.5) is 0 Å². The van der Waals surface area contributed by atoms with Crippen molar-refractivity contribution in [1.82, 2.24) is 39.7 Å². The van der Waals surface area contributed by atoms with Crippen molar-refractivity contribution in [2.24, 2.45) is 0 Å². The molecule has 1 saturated heterocycles. The van der Waals surface area contributed by atoms with Gasteiger partial charge in [0, 0.05) is 10.8 Å². The molecule has 13 heteroatoms. The molecule has 174 valence electrons. The predicted octanol–water partition coefficient (Wildman–Crippen LogP) is 5.92. The van der Waals surface area contributed by atoms with E-state index >= 15 is 0 Å². The molecular weight excluding hydrogens is 504 g/mol. The van der Waals surface area contributed by atoms with Crippen molar-refractivity contribution >= 4 is 34.6 Å². The van der Waals surface area contributed by atoms with E-state index in [0.29, 0.717) is 16.8 Å². The Balaban J connectivity index is 1.17. The third-order valence-electron chi connectivity index (χ3n) is 5.72. The van der Waals surface area contributed by atoms with Gasteiger partial charge in [-0.3, -0.25) is 5.10 Å². The Morgan fingerprint density at radius 1 is 1.06 bits per heavy atom. The highest BCUT2D eigenvalue weighted by atomic mass is 32.2. The van der Waals surface area contributed by atoms with E-state index in [1.165, 1.54) is 29.3 Å². The smallest absolute Gasteiger partial charge is 0.207 e. The molecule has 0 aliphatic carbocycles. The van der Waals surface area contributed by atoms with Crippen LogP contribution in [0.5, 0.6) is 0 Å². The predicted molar refractivity (Wildman–Crippen MR) is 134 cm³/mol. The minimum atomic E-state index is 0.347. The summed E-state index contributed by atoms with van der Waals surface area (Å²) in [6, 6.07) is 1.93. The van der Waals surface area contributed by atoms with Crippen LogP contribution in [0.15, 0.2) is 50.7 Å². The molecule has 1 fully saturated rings. The summed E-state index contributed by atoms with van der Waals surface area (Å²) in [6.45, 7) is 0. The molecule has 35 heavy (non-hydrogen) atoms. The fraction of sp³-hybridized carbons (Fsp3) is 0.182. The first kappa shape index (κ1) is 20.8. The molecule has 0 radical (unpaired) electrons. The molecule has 6 aromatic rings. The summed E-state index contributed by atoms with van der Waals surface area (Å²) in [7, 11) is 0. The van der Waals surface area contributed by atoms with Crippen LogP contribution in [0.3, 0.4) is 0 Å². The lowest BCUT2D eigenvalue weighted by atomic mass is 10.1. The average Bonchev–Trinajstić information content (AvgIpc) is 3.72. The van der Waals surface area contributed by atoms with Crippen molar-refractivity contribution in [3.63, 3.8) is 0 Å². The molecule has 1 unspecified atom stereocenters. The number of nitrogens with one attached hydrogen (secondary N) is 2. The standard InChI is InChI=1S/C22H16N8O2S3/c1-2-17(33-4-1)21-26-15(9-31-21)22-27-16(10-34-22)20-23-7-14(25-20)19-11(6-24-28-19)18-12(8-32-29-18)13-3-5-35-30-13/h3,5-10,17H,1-2,4H2,(H,23,25)(H,24,28). The van der Waals surface area contributed by atoms with Crippen LogP contribution in [0.25, 0.3) is 56.1 Å². The molecule has 0 amide bonds. The van der Waals surface area contributed by atoms with Gasteiger partial charge in [-0.1, -0.05) is 5.16 Å². The zero-order valence-corrected chi connectivity index (χ0v) is 20.4. The number of rotatable bonds is 6. The molecule has 0 bridgehead atoms. The van der Waals surface area contributed by atoms with Crippen LogP contribution >= 0.6 is 34.6 Å². The lowest BCUT2D eigenvalue weighted by Crippen LogP contribution is -1.88. The number of hydrogen-bond acceptors (Lipinski definition) is 11. The van der Waals surface area contributed by atoms with Gasteiger partial charge >= 0.3 is 0 Å². The van der Waals surface area contributed by atoms with Gasteiger partial charge < -0.3 is 13.9 Å². The topological polar surface area (TPSA) is 135 Å². The number of thiazole rings is 1. The fourth-order valence-corrected chi connectivity index (χ4v) is 6.50. The van der Waals surface area contributed by atoms with Crippen molar-refractivity contribution < 1.29 is 8.94 Å². The van der Waals surface area contributed by atoms with Crippen molar-refractivity contribution in [2.45, 2.75) is 18.1 Å². The third kappa shape index (κ3) is 3.72. The minimum absolute atomic E-state index is 0.347. The van der Waals surface area contributed by atoms with Crippen LogP contribution in [0.2, 0.25) is 0 Å². The van der Waals surface area contributed by atoms with Gasteiger partial charge in [0.05, 0.1) is 45.9 Å². The second-order valence-corrected chi connectivity index (χ2v) is 10.7. The first-order valence-electron chi connectivity index (χ1n) is 10.8. The number of thioether (sulfide) groups is 1. The van der Waals surface area contributed by atoms with E-state index in [2.05, 4.69) is 34.7 Å². The van der Waals surface area contributed by atoms with Gasteiger partial charge in [0.1, 0.15) is 34.6 Å². The van der Waals surface area contributed by atoms with Crippen LogP contribution < -0.4 is 0 Å². The third-order valence-corrected chi connectivity index (χ3v) is 8.50. The molecule has 6 aromatic heterocycles. The normalized spacial score (nSPS) is 15.8. The quantitative estimate of drug-likeness (QED) is 0.274. The molecule has 0 saturated carbocycles. The maximum Gasteiger partial charge on any atom is 0.207 e. The van der Waals surface area contributed by atoms with E-state index in [9.17, 15) is 0 Å². The summed E-state index contributed by atoms with van der Waals surface area (Å²) in [5.74, 6) is 2.60. The summed E-state index contributed by atoms with van der Waals surface area (Å²) in [6.07, 6.45) is 9.07. The molecule has 10 nitrogen and oxygen atoms in total. The number of aromatic nitrogens is 8. The van der Waals surface area contributed by atoms with E-state index < -0.39 is 0 Å². The molecule has 2 N–H and O–H groups in total. The van der Waals surface area contributed by atoms with Gasteiger partial charge in [-0.05, 0) is 36.2 Å². The fourth-order valence-electron chi connectivity index (χ4n) is 4.02. The Morgan fingerprint density at radius 2 is 2.06 bits per heavy atom. The summed E-state index contributed by atoms with van der Waals surface area (Å²) >= 11 is 4.79. The lowest BCUT2D eigenvalue weighted by molar-refractivity contribution is 0.422. The van der Waals surface area contributed by atoms with E-state index in [0.717, 1.165) is 62.7 Å². The molecule has 1 aliphatic heterocycles. The Morgan fingerprint density at radius 3 is 2.94 bits per heavy atom. The molecule has 7 heterocycles. The van der Waals surface area contributed by atoms with E-state index in [1.807, 2.05) is 28.6 Å². The lowest BCUT2D eigenvalue weighted by Gasteiger charge is -2.00. The Labute approximate surface area is 210 Å². The number of oxazole rings is 1. The highest BCUT2D eigenvalue weighted by molar-refractivity contribution is 7.99. The minimum Gasteiger partial charge on any atom is -0.447 e. The van der Waals surface area contributed by atoms with Gasteiger partial charge in [-0.2, -0.15) is 9.47 Å². The van der Waals surface area contributed by atoms with Crippen molar-refractivity contribution in [3.8, 4) is 56.1 Å². The molecule has 1 atom stereocenters. The Hall–Kier alpha value is -3.55. The number of hydrogen-bond donors (Lipinski definition) is 2. The van der Waals surface area contributed by atoms with E-state index in [4.69, 9.17) is 13.9 Å². The van der Waals surface area contributed by atoms with Gasteiger partial charge in [0.25, 0.3) is 0 Å². The highest BCUT2D eigenvalue weighted by Gasteiger charge is 2.24. The summed E-state index contributed by atoms with van der Waals surface area (Å²) in [4.78, 5) is 17.3. The van der Waals surface area contributed by atoms with Crippen LogP contribution in [0, 0.1) is 0 Å². The van der Waals surface area contributed by atoms with Crippen molar-refractivity contribution in [2.75, 3.05) is 5.75 Å². The first-order valence-corrected chi connectivity index (χ1v) is 13.6. The number of nitrogens with zero attached hydrogens (tertiary/aromatic N) is 6. The average molecular weight is 521 g/mol. The van der Waals surface area contributed by atoms with Gasteiger partial charge in [-0.25, -0.2) is 15.0 Å². The van der Waals surface area contributed by atoms with Crippen LogP contribution in [0.1, 0.15) is 24.0 Å². The molecular formula is C22H16N8O2S3. The molecule has 7 rings (SSSR count). The second-order valence-electron chi connectivity index (χ2n) is 7.88. The molecule has 0 aromatic carbocycles. The van der Waals surface area contributed by atoms with Gasteiger partial charge in [0.2, 0.25) is 5.89 Å². The SMILES string of the molecule is c1cc(-c2conc2-c2cn[nH]c2-c2cnc(-c3csc(-c4coc(C5CCCS5)n4)n3)[nH]2)ns1. The maximum atomic E-state index is 5.74. The zero-order valence-electron chi connectivity index (χ0n) is 18.0. The molecule has 1 aliphatic rings. The first-order chi connectivity index (χ1) is 17.3. The van der Waals surface area contributed by atoms with Gasteiger partial charge in [0.15, 0.2) is 5.82 Å². The highest BCUT2D eigenvalue weighted by Crippen LogP contribution is 2.40. The van der Waals surface area contributed by atoms with E-state index in [1.54, 1.807) is 24.9 Å². The summed E-state index contributed by atoms with van der Waals surface area (Å²) in [5, 5.41) is 16.5. The number of aromatic amines is 2. The van der Waals surface area contributed by atoms with Crippen LogP contribution in [-0.2, 0) is 0 Å². The molecule has 0 spiro atoms. The summed E-state index contributed by atoms with van der Waals surface area (Å²) in [5.41, 5.74) is 6.07. The summed E-state index contributed by atoms with van der Waals surface area (Å²) < 4.78 is 15.4. The van der Waals surface area contributed by atoms with Crippen LogP contribution in [-0.4, -0.2) is 45.4 Å². The Kier molecular flexibility index (Phi) is 5.10. The monoisotopic (exact) mass is 520 g/mol. The Bertz CT molecular complexity index is 1590.